The monoisotopic (exact) mass is 366 g/mol. The standard InChI is InChI=1S/C20H18N2O3S/c23-20-17-13-16(26(24,25)15-9-5-2-6-10-15)11-12-18(17)21-19(22-20)14-7-3-1-4-8-14/h1-10,16H,11-13H2,(H,21,22,23). The molecule has 3 aromatic rings. The number of hydrogen-bond donors (Lipinski definition) is 1. The second-order valence-electron chi connectivity index (χ2n) is 6.43. The van der Waals surface area contributed by atoms with Gasteiger partial charge in [0.2, 0.25) is 0 Å². The second-order valence-corrected chi connectivity index (χ2v) is 8.66. The van der Waals surface area contributed by atoms with Gasteiger partial charge in [-0.1, -0.05) is 48.5 Å². The van der Waals surface area contributed by atoms with Gasteiger partial charge in [0.15, 0.2) is 9.84 Å². The molecule has 1 unspecified atom stereocenters. The van der Waals surface area contributed by atoms with Gasteiger partial charge >= 0.3 is 0 Å². The van der Waals surface area contributed by atoms with E-state index in [0.29, 0.717) is 34.8 Å². The second kappa shape index (κ2) is 6.53. The van der Waals surface area contributed by atoms with Crippen LogP contribution < -0.4 is 5.56 Å². The zero-order valence-electron chi connectivity index (χ0n) is 14.1. The predicted octanol–water partition coefficient (Wildman–Crippen LogP) is 2.77. The summed E-state index contributed by atoms with van der Waals surface area (Å²) in [5.74, 6) is 0.527. The zero-order valence-corrected chi connectivity index (χ0v) is 14.9. The normalized spacial score (nSPS) is 16.8. The summed E-state index contributed by atoms with van der Waals surface area (Å²) in [5.41, 5.74) is 1.78. The van der Waals surface area contributed by atoms with Crippen LogP contribution in [0.3, 0.4) is 0 Å². The first-order valence-electron chi connectivity index (χ1n) is 8.52. The van der Waals surface area contributed by atoms with Crippen LogP contribution in [0.4, 0.5) is 0 Å². The van der Waals surface area contributed by atoms with Gasteiger partial charge in [0, 0.05) is 11.1 Å². The number of aromatic nitrogens is 2. The summed E-state index contributed by atoms with van der Waals surface area (Å²) in [5, 5.41) is -0.595. The number of H-pyrrole nitrogens is 1. The Labute approximate surface area is 151 Å². The van der Waals surface area contributed by atoms with Crippen molar-refractivity contribution in [2.45, 2.75) is 29.4 Å². The van der Waals surface area contributed by atoms with Crippen molar-refractivity contribution in [2.24, 2.45) is 0 Å². The molecule has 0 spiro atoms. The number of aryl methyl sites for hydroxylation is 1. The van der Waals surface area contributed by atoms with Gasteiger partial charge in [-0.15, -0.1) is 0 Å². The molecular formula is C20H18N2O3S. The lowest BCUT2D eigenvalue weighted by Crippen LogP contribution is -2.33. The van der Waals surface area contributed by atoms with Crippen LogP contribution in [0.1, 0.15) is 17.7 Å². The van der Waals surface area contributed by atoms with Gasteiger partial charge in [0.25, 0.3) is 5.56 Å². The molecule has 4 rings (SSSR count). The first-order valence-corrected chi connectivity index (χ1v) is 10.1. The van der Waals surface area contributed by atoms with Gasteiger partial charge in [0.1, 0.15) is 5.82 Å². The average Bonchev–Trinajstić information content (AvgIpc) is 2.69. The molecule has 132 valence electrons. The van der Waals surface area contributed by atoms with Crippen LogP contribution in [0, 0.1) is 0 Å². The van der Waals surface area contributed by atoms with E-state index in [1.807, 2.05) is 30.3 Å². The highest BCUT2D eigenvalue weighted by atomic mass is 32.2. The van der Waals surface area contributed by atoms with Gasteiger partial charge in [-0.25, -0.2) is 13.4 Å². The summed E-state index contributed by atoms with van der Waals surface area (Å²) >= 11 is 0. The molecule has 1 atom stereocenters. The molecule has 1 N–H and O–H groups in total. The van der Waals surface area contributed by atoms with E-state index in [1.165, 1.54) is 0 Å². The Bertz CT molecular complexity index is 1090. The minimum Gasteiger partial charge on any atom is -0.306 e. The molecule has 0 saturated heterocycles. The number of rotatable bonds is 3. The van der Waals surface area contributed by atoms with Crippen molar-refractivity contribution in [1.29, 1.82) is 0 Å². The van der Waals surface area contributed by atoms with E-state index in [4.69, 9.17) is 0 Å². The first-order chi connectivity index (χ1) is 12.6. The molecule has 6 heteroatoms. The van der Waals surface area contributed by atoms with E-state index < -0.39 is 15.1 Å². The number of nitrogens with one attached hydrogen (secondary N) is 1. The van der Waals surface area contributed by atoms with E-state index >= 15 is 0 Å². The third-order valence-electron chi connectivity index (χ3n) is 4.79. The number of fused-ring (bicyclic) bond motifs is 1. The van der Waals surface area contributed by atoms with Crippen LogP contribution in [0.25, 0.3) is 11.4 Å². The quantitative estimate of drug-likeness (QED) is 0.773. The Kier molecular flexibility index (Phi) is 4.20. The molecule has 5 nitrogen and oxygen atoms in total. The summed E-state index contributed by atoms with van der Waals surface area (Å²) in [7, 11) is -3.46. The maximum atomic E-state index is 12.9. The van der Waals surface area contributed by atoms with Crippen molar-refractivity contribution in [3.8, 4) is 11.4 Å². The van der Waals surface area contributed by atoms with Crippen LogP contribution in [0.2, 0.25) is 0 Å². The smallest absolute Gasteiger partial charge is 0.254 e. The summed E-state index contributed by atoms with van der Waals surface area (Å²) < 4.78 is 25.7. The highest BCUT2D eigenvalue weighted by molar-refractivity contribution is 7.92. The topological polar surface area (TPSA) is 79.9 Å². The number of sulfone groups is 1. The Morgan fingerprint density at radius 2 is 1.62 bits per heavy atom. The number of hydrogen-bond acceptors (Lipinski definition) is 4. The molecule has 1 heterocycles. The third kappa shape index (κ3) is 2.97. The lowest BCUT2D eigenvalue weighted by atomic mass is 9.96. The minimum atomic E-state index is -3.46. The van der Waals surface area contributed by atoms with Crippen molar-refractivity contribution < 1.29 is 8.42 Å². The van der Waals surface area contributed by atoms with E-state index in [0.717, 1.165) is 5.56 Å². The Morgan fingerprint density at radius 1 is 0.962 bits per heavy atom. The minimum absolute atomic E-state index is 0.198. The molecule has 26 heavy (non-hydrogen) atoms. The maximum Gasteiger partial charge on any atom is 0.254 e. The molecular weight excluding hydrogens is 348 g/mol. The summed E-state index contributed by atoms with van der Waals surface area (Å²) in [6.45, 7) is 0. The Morgan fingerprint density at radius 3 is 2.31 bits per heavy atom. The fourth-order valence-electron chi connectivity index (χ4n) is 3.39. The number of benzene rings is 2. The summed E-state index contributed by atoms with van der Waals surface area (Å²) in [6, 6.07) is 17.9. The van der Waals surface area contributed by atoms with Gasteiger partial charge < -0.3 is 4.98 Å². The number of nitrogens with zero attached hydrogens (tertiary/aromatic N) is 1. The van der Waals surface area contributed by atoms with Crippen LogP contribution in [-0.4, -0.2) is 23.6 Å². The fraction of sp³-hybridized carbons (Fsp3) is 0.200. The predicted molar refractivity (Wildman–Crippen MR) is 99.7 cm³/mol. The van der Waals surface area contributed by atoms with Crippen molar-refractivity contribution in [1.82, 2.24) is 9.97 Å². The van der Waals surface area contributed by atoms with Crippen LogP contribution in [0.5, 0.6) is 0 Å². The van der Waals surface area contributed by atoms with E-state index in [2.05, 4.69) is 9.97 Å². The molecule has 0 fully saturated rings. The van der Waals surface area contributed by atoms with E-state index in [9.17, 15) is 13.2 Å². The lowest BCUT2D eigenvalue weighted by molar-refractivity contribution is 0.557. The van der Waals surface area contributed by atoms with Gasteiger partial charge in [-0.2, -0.15) is 0 Å². The SMILES string of the molecule is O=c1[nH]c(-c2ccccc2)nc2c1CC(S(=O)(=O)c1ccccc1)CC2. The van der Waals surface area contributed by atoms with E-state index in [1.54, 1.807) is 30.3 Å². The van der Waals surface area contributed by atoms with Crippen LogP contribution in [-0.2, 0) is 22.7 Å². The molecule has 2 aromatic carbocycles. The molecule has 1 aliphatic rings. The number of aromatic amines is 1. The average molecular weight is 366 g/mol. The van der Waals surface area contributed by atoms with Gasteiger partial charge in [0.05, 0.1) is 15.8 Å². The molecule has 0 bridgehead atoms. The Balaban J connectivity index is 1.69. The highest BCUT2D eigenvalue weighted by Gasteiger charge is 2.33. The molecule has 1 aliphatic carbocycles. The largest absolute Gasteiger partial charge is 0.306 e. The Hall–Kier alpha value is -2.73. The van der Waals surface area contributed by atoms with Crippen molar-refractivity contribution >= 4 is 9.84 Å². The molecule has 0 radical (unpaired) electrons. The first kappa shape index (κ1) is 16.7. The van der Waals surface area contributed by atoms with Crippen LogP contribution in [0.15, 0.2) is 70.4 Å². The highest BCUT2D eigenvalue weighted by Crippen LogP contribution is 2.27. The van der Waals surface area contributed by atoms with Crippen molar-refractivity contribution in [3.63, 3.8) is 0 Å². The van der Waals surface area contributed by atoms with Crippen molar-refractivity contribution in [3.05, 3.63) is 82.3 Å². The summed E-state index contributed by atoms with van der Waals surface area (Å²) in [4.78, 5) is 20.3. The zero-order chi connectivity index (χ0) is 18.1. The lowest BCUT2D eigenvalue weighted by Gasteiger charge is -2.23. The van der Waals surface area contributed by atoms with Gasteiger partial charge in [-0.3, -0.25) is 4.79 Å². The summed E-state index contributed by atoms with van der Waals surface area (Å²) in [6.07, 6.45) is 1.15. The van der Waals surface area contributed by atoms with Crippen molar-refractivity contribution in [2.75, 3.05) is 0 Å². The van der Waals surface area contributed by atoms with E-state index in [-0.39, 0.29) is 12.0 Å². The molecule has 0 amide bonds. The van der Waals surface area contributed by atoms with Gasteiger partial charge in [-0.05, 0) is 31.4 Å². The molecule has 0 aliphatic heterocycles. The third-order valence-corrected chi connectivity index (χ3v) is 7.00. The maximum absolute atomic E-state index is 12.9. The van der Waals surface area contributed by atoms with Crippen LogP contribution >= 0.6 is 0 Å². The molecule has 0 saturated carbocycles. The fourth-order valence-corrected chi connectivity index (χ4v) is 5.13. The molecule has 1 aromatic heterocycles.